The first kappa shape index (κ1) is 18.0. The summed E-state index contributed by atoms with van der Waals surface area (Å²) in [6.45, 7) is 6.34. The number of halogens is 1. The lowest BCUT2D eigenvalue weighted by Crippen LogP contribution is -2.28. The van der Waals surface area contributed by atoms with Crippen molar-refractivity contribution in [1.82, 2.24) is 0 Å². The molecule has 0 unspecified atom stereocenters. The summed E-state index contributed by atoms with van der Waals surface area (Å²) in [6, 6.07) is 6.38. The number of rotatable bonds is 4. The highest BCUT2D eigenvalue weighted by molar-refractivity contribution is 5.92. The summed E-state index contributed by atoms with van der Waals surface area (Å²) in [6.07, 6.45) is 3.84. The predicted molar refractivity (Wildman–Crippen MR) is 91.1 cm³/mol. The highest BCUT2D eigenvalue weighted by atomic mass is 35.5. The van der Waals surface area contributed by atoms with Gasteiger partial charge in [0.25, 0.3) is 0 Å². The van der Waals surface area contributed by atoms with E-state index in [1.54, 1.807) is 0 Å². The third-order valence-electron chi connectivity index (χ3n) is 4.36. The van der Waals surface area contributed by atoms with Gasteiger partial charge in [0.05, 0.1) is 0 Å². The van der Waals surface area contributed by atoms with Crippen LogP contribution in [0.25, 0.3) is 0 Å². The lowest BCUT2D eigenvalue weighted by atomic mass is 9.97. The van der Waals surface area contributed by atoms with Crippen molar-refractivity contribution >= 4 is 24.0 Å². The number of para-hydroxylation sites is 1. The third-order valence-corrected chi connectivity index (χ3v) is 4.36. The van der Waals surface area contributed by atoms with Gasteiger partial charge in [-0.25, -0.2) is 0 Å². The maximum Gasteiger partial charge on any atom is 0.224 e. The molecule has 0 aliphatic heterocycles. The zero-order valence-corrected chi connectivity index (χ0v) is 14.0. The van der Waals surface area contributed by atoms with Crippen LogP contribution in [0.5, 0.6) is 0 Å². The van der Waals surface area contributed by atoms with Gasteiger partial charge in [0, 0.05) is 18.2 Å². The highest BCUT2D eigenvalue weighted by Gasteiger charge is 2.26. The summed E-state index contributed by atoms with van der Waals surface area (Å²) < 4.78 is 0. The monoisotopic (exact) mass is 310 g/mol. The van der Waals surface area contributed by atoms with E-state index >= 15 is 0 Å². The number of aryl methyl sites for hydroxylation is 1. The van der Waals surface area contributed by atoms with Crippen LogP contribution in [0.2, 0.25) is 0 Å². The molecule has 0 spiro atoms. The second-order valence-corrected chi connectivity index (χ2v) is 6.30. The molecule has 0 heterocycles. The molecule has 1 saturated carbocycles. The van der Waals surface area contributed by atoms with Crippen molar-refractivity contribution in [3.63, 3.8) is 0 Å². The first-order valence-electron chi connectivity index (χ1n) is 7.64. The van der Waals surface area contributed by atoms with Gasteiger partial charge in [-0.1, -0.05) is 38.5 Å². The topological polar surface area (TPSA) is 55.1 Å². The van der Waals surface area contributed by atoms with Crippen LogP contribution in [0.4, 0.5) is 5.69 Å². The molecule has 1 aromatic rings. The van der Waals surface area contributed by atoms with Gasteiger partial charge in [0.2, 0.25) is 5.91 Å². The summed E-state index contributed by atoms with van der Waals surface area (Å²) >= 11 is 0. The number of anilines is 1. The minimum atomic E-state index is 0. The lowest BCUT2D eigenvalue weighted by Gasteiger charge is -2.19. The van der Waals surface area contributed by atoms with Crippen molar-refractivity contribution in [2.24, 2.45) is 11.7 Å². The number of carbonyl (C=O) groups excluding carboxylic acids is 1. The molecule has 2 atom stereocenters. The van der Waals surface area contributed by atoms with Gasteiger partial charge in [-0.2, -0.15) is 0 Å². The first-order chi connectivity index (χ1) is 9.49. The van der Waals surface area contributed by atoms with Crippen molar-refractivity contribution < 1.29 is 4.79 Å². The lowest BCUT2D eigenvalue weighted by molar-refractivity contribution is -0.117. The molecule has 0 radical (unpaired) electrons. The first-order valence-corrected chi connectivity index (χ1v) is 7.64. The molecule has 3 N–H and O–H groups in total. The number of benzene rings is 1. The van der Waals surface area contributed by atoms with Gasteiger partial charge in [0.1, 0.15) is 0 Å². The van der Waals surface area contributed by atoms with Crippen LogP contribution < -0.4 is 11.1 Å². The number of carbonyl (C=O) groups is 1. The molecule has 1 aromatic carbocycles. The second-order valence-electron chi connectivity index (χ2n) is 6.30. The molecule has 0 saturated heterocycles. The molecule has 1 fully saturated rings. The summed E-state index contributed by atoms with van der Waals surface area (Å²) in [5, 5.41) is 3.11. The van der Waals surface area contributed by atoms with E-state index in [9.17, 15) is 4.79 Å². The summed E-state index contributed by atoms with van der Waals surface area (Å²) in [7, 11) is 0. The Kier molecular flexibility index (Phi) is 6.69. The Bertz CT molecular complexity index is 488. The van der Waals surface area contributed by atoms with Gasteiger partial charge < -0.3 is 11.1 Å². The fourth-order valence-electron chi connectivity index (χ4n) is 3.09. The van der Waals surface area contributed by atoms with Crippen molar-refractivity contribution in [3.8, 4) is 0 Å². The predicted octanol–water partition coefficient (Wildman–Crippen LogP) is 4.00. The SMILES string of the molecule is Cc1cccc(C(C)C)c1NC(=O)C[C@@H]1CCC[C@H]1N.Cl. The van der Waals surface area contributed by atoms with Crippen molar-refractivity contribution in [1.29, 1.82) is 0 Å². The standard InChI is InChI=1S/C17H26N2O.ClH/c1-11(2)14-8-4-6-12(3)17(14)19-16(20)10-13-7-5-9-15(13)18;/h4,6,8,11,13,15H,5,7,9-10,18H2,1-3H3,(H,19,20);1H/t13-,15+;/m0./s1. The minimum absolute atomic E-state index is 0. The number of hydrogen-bond acceptors (Lipinski definition) is 2. The Labute approximate surface area is 134 Å². The molecule has 4 heteroatoms. The Morgan fingerprint density at radius 2 is 2.10 bits per heavy atom. The van der Waals surface area contributed by atoms with Crippen molar-refractivity contribution in [2.75, 3.05) is 5.32 Å². The van der Waals surface area contributed by atoms with Crippen LogP contribution in [-0.4, -0.2) is 11.9 Å². The fraction of sp³-hybridized carbons (Fsp3) is 0.588. The summed E-state index contributed by atoms with van der Waals surface area (Å²) in [4.78, 5) is 12.3. The molecule has 3 nitrogen and oxygen atoms in total. The second kappa shape index (κ2) is 7.81. The molecule has 1 aliphatic rings. The van der Waals surface area contributed by atoms with E-state index < -0.39 is 0 Å². The van der Waals surface area contributed by atoms with Crippen LogP contribution in [0.3, 0.4) is 0 Å². The molecule has 21 heavy (non-hydrogen) atoms. The van der Waals surface area contributed by atoms with Gasteiger partial charge in [-0.15, -0.1) is 12.4 Å². The van der Waals surface area contributed by atoms with E-state index in [0.29, 0.717) is 18.3 Å². The van der Waals surface area contributed by atoms with E-state index in [-0.39, 0.29) is 24.4 Å². The number of nitrogens with two attached hydrogens (primary N) is 1. The largest absolute Gasteiger partial charge is 0.327 e. The normalized spacial score (nSPS) is 21.2. The van der Waals surface area contributed by atoms with Gasteiger partial charge >= 0.3 is 0 Å². The van der Waals surface area contributed by atoms with Crippen LogP contribution in [-0.2, 0) is 4.79 Å². The van der Waals surface area contributed by atoms with E-state index in [2.05, 4.69) is 25.2 Å². The Morgan fingerprint density at radius 1 is 1.38 bits per heavy atom. The molecule has 1 amide bonds. The number of hydrogen-bond donors (Lipinski definition) is 2. The zero-order chi connectivity index (χ0) is 14.7. The smallest absolute Gasteiger partial charge is 0.224 e. The number of amides is 1. The van der Waals surface area contributed by atoms with Gasteiger partial charge in [0.15, 0.2) is 0 Å². The summed E-state index contributed by atoms with van der Waals surface area (Å²) in [5.41, 5.74) is 9.36. The molecule has 118 valence electrons. The molecule has 2 rings (SSSR count). The maximum atomic E-state index is 12.3. The van der Waals surface area contributed by atoms with Crippen LogP contribution in [0.15, 0.2) is 18.2 Å². The third kappa shape index (κ3) is 4.45. The zero-order valence-electron chi connectivity index (χ0n) is 13.2. The van der Waals surface area contributed by atoms with Crippen molar-refractivity contribution in [3.05, 3.63) is 29.3 Å². The average Bonchev–Trinajstić information content (AvgIpc) is 2.77. The van der Waals surface area contributed by atoms with E-state index in [1.807, 2.05) is 19.1 Å². The molecular formula is C17H27ClN2O. The van der Waals surface area contributed by atoms with E-state index in [1.165, 1.54) is 5.56 Å². The van der Waals surface area contributed by atoms with Crippen molar-refractivity contribution in [2.45, 2.75) is 58.4 Å². The quantitative estimate of drug-likeness (QED) is 0.883. The highest BCUT2D eigenvalue weighted by Crippen LogP contribution is 2.30. The van der Waals surface area contributed by atoms with Gasteiger partial charge in [-0.05, 0) is 42.7 Å². The Morgan fingerprint density at radius 3 is 2.67 bits per heavy atom. The van der Waals surface area contributed by atoms with Crippen LogP contribution >= 0.6 is 12.4 Å². The van der Waals surface area contributed by atoms with Crippen LogP contribution in [0, 0.1) is 12.8 Å². The summed E-state index contributed by atoms with van der Waals surface area (Å²) in [5.74, 6) is 0.851. The fourth-order valence-corrected chi connectivity index (χ4v) is 3.09. The maximum absolute atomic E-state index is 12.3. The number of nitrogens with one attached hydrogen (secondary N) is 1. The Hall–Kier alpha value is -1.06. The van der Waals surface area contributed by atoms with E-state index in [4.69, 9.17) is 5.73 Å². The molecule has 1 aliphatic carbocycles. The van der Waals surface area contributed by atoms with Crippen LogP contribution in [0.1, 0.15) is 56.6 Å². The minimum Gasteiger partial charge on any atom is -0.327 e. The van der Waals surface area contributed by atoms with Gasteiger partial charge in [-0.3, -0.25) is 4.79 Å². The van der Waals surface area contributed by atoms with E-state index in [0.717, 1.165) is 30.5 Å². The Balaban J connectivity index is 0.00000220. The molecule has 0 bridgehead atoms. The molecular weight excluding hydrogens is 284 g/mol. The average molecular weight is 311 g/mol. The molecule has 0 aromatic heterocycles.